The SMILES string of the molecule is Cc1cc(C(=O)NCc2ccccn2)nc2c(C(F)(F)F)cc(C3OC3(C)C)cc12. The molecule has 3 heterocycles. The van der Waals surface area contributed by atoms with Crippen LogP contribution in [-0.4, -0.2) is 21.5 Å². The van der Waals surface area contributed by atoms with Gasteiger partial charge in [0.05, 0.1) is 28.9 Å². The van der Waals surface area contributed by atoms with E-state index in [1.54, 1.807) is 37.4 Å². The van der Waals surface area contributed by atoms with Crippen LogP contribution in [-0.2, 0) is 17.5 Å². The maximum absolute atomic E-state index is 13.8. The Morgan fingerprint density at radius 1 is 1.23 bits per heavy atom. The normalized spacial score (nSPS) is 17.7. The zero-order valence-electron chi connectivity index (χ0n) is 16.7. The Morgan fingerprint density at radius 2 is 1.97 bits per heavy atom. The summed E-state index contributed by atoms with van der Waals surface area (Å²) in [6, 6.07) is 9.51. The molecule has 30 heavy (non-hydrogen) atoms. The van der Waals surface area contributed by atoms with Crippen molar-refractivity contribution in [3.63, 3.8) is 0 Å². The van der Waals surface area contributed by atoms with Gasteiger partial charge in [0.15, 0.2) is 0 Å². The van der Waals surface area contributed by atoms with E-state index >= 15 is 0 Å². The van der Waals surface area contributed by atoms with Crippen molar-refractivity contribution in [2.24, 2.45) is 0 Å². The van der Waals surface area contributed by atoms with Crippen molar-refractivity contribution >= 4 is 16.8 Å². The number of hydrogen-bond donors (Lipinski definition) is 1. The highest BCUT2D eigenvalue weighted by molar-refractivity contribution is 5.96. The predicted molar refractivity (Wildman–Crippen MR) is 105 cm³/mol. The van der Waals surface area contributed by atoms with Crippen molar-refractivity contribution in [2.45, 2.75) is 45.2 Å². The molecule has 1 unspecified atom stereocenters. The van der Waals surface area contributed by atoms with Crippen LogP contribution >= 0.6 is 0 Å². The van der Waals surface area contributed by atoms with Crippen LogP contribution < -0.4 is 5.32 Å². The number of carbonyl (C=O) groups is 1. The molecule has 1 aromatic carbocycles. The van der Waals surface area contributed by atoms with E-state index in [0.717, 1.165) is 6.07 Å². The Kier molecular flexibility index (Phi) is 4.77. The van der Waals surface area contributed by atoms with Gasteiger partial charge in [-0.1, -0.05) is 6.07 Å². The third kappa shape index (κ3) is 3.87. The number of nitrogens with one attached hydrogen (secondary N) is 1. The second-order valence-electron chi connectivity index (χ2n) is 7.89. The smallest absolute Gasteiger partial charge is 0.362 e. The maximum atomic E-state index is 13.8. The average molecular weight is 415 g/mol. The van der Waals surface area contributed by atoms with Crippen molar-refractivity contribution in [3.8, 4) is 0 Å². The van der Waals surface area contributed by atoms with Crippen molar-refractivity contribution in [3.05, 3.63) is 70.7 Å². The van der Waals surface area contributed by atoms with E-state index in [2.05, 4.69) is 15.3 Å². The number of amides is 1. The molecule has 1 N–H and O–H groups in total. The lowest BCUT2D eigenvalue weighted by molar-refractivity contribution is -0.136. The number of ether oxygens (including phenoxy) is 1. The molecule has 0 radical (unpaired) electrons. The number of carbonyl (C=O) groups excluding carboxylic acids is 1. The number of nitrogens with zero attached hydrogens (tertiary/aromatic N) is 2. The first-order valence-electron chi connectivity index (χ1n) is 9.45. The summed E-state index contributed by atoms with van der Waals surface area (Å²) in [5.41, 5.74) is -0.0565. The van der Waals surface area contributed by atoms with Crippen molar-refractivity contribution < 1.29 is 22.7 Å². The van der Waals surface area contributed by atoms with Gasteiger partial charge >= 0.3 is 6.18 Å². The summed E-state index contributed by atoms with van der Waals surface area (Å²) >= 11 is 0. The molecule has 1 fully saturated rings. The van der Waals surface area contributed by atoms with Gasteiger partial charge in [-0.2, -0.15) is 13.2 Å². The van der Waals surface area contributed by atoms with Gasteiger partial charge in [0.25, 0.3) is 5.91 Å². The summed E-state index contributed by atoms with van der Waals surface area (Å²) in [6.07, 6.45) is -3.42. The third-order valence-electron chi connectivity index (χ3n) is 5.14. The Hall–Kier alpha value is -3.00. The van der Waals surface area contributed by atoms with E-state index in [1.807, 2.05) is 13.8 Å². The van der Waals surface area contributed by atoms with Gasteiger partial charge < -0.3 is 10.1 Å². The molecule has 2 aromatic heterocycles. The highest BCUT2D eigenvalue weighted by Crippen LogP contribution is 2.50. The van der Waals surface area contributed by atoms with Crippen LogP contribution in [0, 0.1) is 6.92 Å². The number of epoxide rings is 1. The Bertz CT molecular complexity index is 1130. The Labute approximate surface area is 171 Å². The maximum Gasteiger partial charge on any atom is 0.418 e. The molecular weight excluding hydrogens is 395 g/mol. The molecule has 4 rings (SSSR count). The van der Waals surface area contributed by atoms with Crippen molar-refractivity contribution in [1.29, 1.82) is 0 Å². The number of hydrogen-bond acceptors (Lipinski definition) is 4. The zero-order chi connectivity index (χ0) is 21.7. The minimum Gasteiger partial charge on any atom is -0.362 e. The second kappa shape index (κ2) is 7.05. The topological polar surface area (TPSA) is 67.4 Å². The highest BCUT2D eigenvalue weighted by atomic mass is 19.4. The molecule has 8 heteroatoms. The van der Waals surface area contributed by atoms with Crippen molar-refractivity contribution in [2.75, 3.05) is 0 Å². The number of benzene rings is 1. The van der Waals surface area contributed by atoms with Gasteiger partial charge in [-0.05, 0) is 62.2 Å². The first kappa shape index (κ1) is 20.3. The van der Waals surface area contributed by atoms with E-state index in [-0.39, 0.29) is 17.8 Å². The largest absolute Gasteiger partial charge is 0.418 e. The van der Waals surface area contributed by atoms with Crippen LogP contribution in [0.25, 0.3) is 10.9 Å². The van der Waals surface area contributed by atoms with Gasteiger partial charge in [-0.15, -0.1) is 0 Å². The van der Waals surface area contributed by atoms with Crippen LogP contribution in [0.3, 0.4) is 0 Å². The standard InChI is InChI=1S/C22H20F3N3O2/c1-12-8-17(20(29)27-11-14-6-4-5-7-26-14)28-18-15(12)9-13(19-21(2,3)30-19)10-16(18)22(23,24)25/h4-10,19H,11H2,1-3H3,(H,27,29). The van der Waals surface area contributed by atoms with Crippen LogP contribution in [0.15, 0.2) is 42.6 Å². The van der Waals surface area contributed by atoms with E-state index in [0.29, 0.717) is 22.2 Å². The molecule has 3 aromatic rings. The molecular formula is C22H20F3N3O2. The lowest BCUT2D eigenvalue weighted by Gasteiger charge is -2.15. The summed E-state index contributed by atoms with van der Waals surface area (Å²) in [4.78, 5) is 20.7. The fourth-order valence-electron chi connectivity index (χ4n) is 3.50. The molecule has 5 nitrogen and oxygen atoms in total. The first-order valence-corrected chi connectivity index (χ1v) is 9.45. The molecule has 1 saturated heterocycles. The lowest BCUT2D eigenvalue weighted by Crippen LogP contribution is -2.24. The fourth-order valence-corrected chi connectivity index (χ4v) is 3.50. The minimum absolute atomic E-state index is 0.0721. The Balaban J connectivity index is 1.73. The quantitative estimate of drug-likeness (QED) is 0.625. The number of fused-ring (bicyclic) bond motifs is 1. The third-order valence-corrected chi connectivity index (χ3v) is 5.14. The first-order chi connectivity index (χ1) is 14.1. The van der Waals surface area contributed by atoms with E-state index in [9.17, 15) is 18.0 Å². The fraction of sp³-hybridized carbons (Fsp3) is 0.318. The summed E-state index contributed by atoms with van der Waals surface area (Å²) in [6.45, 7) is 5.48. The van der Waals surface area contributed by atoms with Crippen molar-refractivity contribution in [1.82, 2.24) is 15.3 Å². The zero-order valence-corrected chi connectivity index (χ0v) is 16.7. The number of pyridine rings is 2. The monoisotopic (exact) mass is 415 g/mol. The summed E-state index contributed by atoms with van der Waals surface area (Å²) in [5.74, 6) is -0.561. The summed E-state index contributed by atoms with van der Waals surface area (Å²) < 4.78 is 47.0. The molecule has 156 valence electrons. The van der Waals surface area contributed by atoms with E-state index < -0.39 is 29.4 Å². The molecule has 1 amide bonds. The molecule has 1 aliphatic heterocycles. The van der Waals surface area contributed by atoms with Gasteiger partial charge in [0.2, 0.25) is 0 Å². The lowest BCUT2D eigenvalue weighted by atomic mass is 9.96. The minimum atomic E-state index is -4.62. The number of alkyl halides is 3. The number of rotatable bonds is 4. The molecule has 0 bridgehead atoms. The van der Waals surface area contributed by atoms with Gasteiger partial charge in [-0.3, -0.25) is 9.78 Å². The average Bonchev–Trinajstić information content (AvgIpc) is 3.33. The molecule has 0 saturated carbocycles. The number of aryl methyl sites for hydroxylation is 1. The van der Waals surface area contributed by atoms with E-state index in [4.69, 9.17) is 4.74 Å². The molecule has 0 spiro atoms. The van der Waals surface area contributed by atoms with Gasteiger partial charge in [0, 0.05) is 11.6 Å². The second-order valence-corrected chi connectivity index (χ2v) is 7.89. The predicted octanol–water partition coefficient (Wildman–Crippen LogP) is 4.74. The van der Waals surface area contributed by atoms with Crippen LogP contribution in [0.2, 0.25) is 0 Å². The van der Waals surface area contributed by atoms with Crippen LogP contribution in [0.5, 0.6) is 0 Å². The van der Waals surface area contributed by atoms with Gasteiger partial charge in [-0.25, -0.2) is 4.98 Å². The summed E-state index contributed by atoms with van der Waals surface area (Å²) in [5, 5.41) is 3.00. The number of aromatic nitrogens is 2. The Morgan fingerprint density at radius 3 is 2.57 bits per heavy atom. The molecule has 1 atom stereocenters. The van der Waals surface area contributed by atoms with E-state index in [1.165, 1.54) is 6.07 Å². The van der Waals surface area contributed by atoms with Crippen LogP contribution in [0.4, 0.5) is 13.2 Å². The molecule has 1 aliphatic rings. The molecule has 0 aliphatic carbocycles. The van der Waals surface area contributed by atoms with Crippen LogP contribution in [0.1, 0.15) is 52.8 Å². The highest BCUT2D eigenvalue weighted by Gasteiger charge is 2.49. The summed E-state index contributed by atoms with van der Waals surface area (Å²) in [7, 11) is 0. The number of halogens is 3. The van der Waals surface area contributed by atoms with Gasteiger partial charge in [0.1, 0.15) is 11.8 Å².